The lowest BCUT2D eigenvalue weighted by molar-refractivity contribution is 0.600. The van der Waals surface area contributed by atoms with E-state index in [2.05, 4.69) is 20.7 Å². The molecule has 0 atom stereocenters. The maximum Gasteiger partial charge on any atom is 0.262 e. The van der Waals surface area contributed by atoms with Crippen molar-refractivity contribution in [2.24, 2.45) is 0 Å². The Balaban J connectivity index is 2.43. The molecule has 0 amide bonds. The number of benzene rings is 2. The summed E-state index contributed by atoms with van der Waals surface area (Å²) >= 11 is 9.24. The predicted octanol–water partition coefficient (Wildman–Crippen LogP) is 4.08. The normalized spacial score (nSPS) is 11.0. The van der Waals surface area contributed by atoms with Crippen molar-refractivity contribution in [3.8, 4) is 6.07 Å². The van der Waals surface area contributed by atoms with Gasteiger partial charge in [0.15, 0.2) is 0 Å². The molecule has 1 N–H and O–H groups in total. The first-order valence-corrected chi connectivity index (χ1v) is 8.47. The summed E-state index contributed by atoms with van der Waals surface area (Å²) in [7, 11) is -3.76. The minimum absolute atomic E-state index is 0.164. The quantitative estimate of drug-likeness (QED) is 0.865. The third kappa shape index (κ3) is 3.56. The molecule has 7 heteroatoms. The van der Waals surface area contributed by atoms with Crippen LogP contribution in [0.25, 0.3) is 0 Å². The number of nitrogens with zero attached hydrogens (tertiary/aromatic N) is 1. The monoisotopic (exact) mass is 384 g/mol. The first-order chi connectivity index (χ1) is 9.83. The number of aryl methyl sites for hydroxylation is 1. The second-order valence-corrected chi connectivity index (χ2v) is 7.30. The van der Waals surface area contributed by atoms with Crippen LogP contribution in [0.3, 0.4) is 0 Å². The maximum absolute atomic E-state index is 12.4. The third-order valence-corrected chi connectivity index (χ3v) is 5.10. The van der Waals surface area contributed by atoms with Gasteiger partial charge in [0.1, 0.15) is 0 Å². The largest absolute Gasteiger partial charge is 0.278 e. The van der Waals surface area contributed by atoms with Crippen molar-refractivity contribution < 1.29 is 8.42 Å². The molecule has 0 aromatic heterocycles. The summed E-state index contributed by atoms with van der Waals surface area (Å²) in [6.07, 6.45) is 0. The van der Waals surface area contributed by atoms with Crippen LogP contribution < -0.4 is 4.72 Å². The van der Waals surface area contributed by atoms with E-state index < -0.39 is 10.0 Å². The second kappa shape index (κ2) is 6.06. The van der Waals surface area contributed by atoms with E-state index in [0.717, 1.165) is 0 Å². The molecule has 108 valence electrons. The van der Waals surface area contributed by atoms with E-state index in [1.807, 2.05) is 6.07 Å². The molecule has 0 spiro atoms. The molecule has 21 heavy (non-hydrogen) atoms. The lowest BCUT2D eigenvalue weighted by Crippen LogP contribution is -2.14. The summed E-state index contributed by atoms with van der Waals surface area (Å²) < 4.78 is 27.9. The Morgan fingerprint density at radius 2 is 1.95 bits per heavy atom. The molecular formula is C14H10BrClN2O2S. The van der Waals surface area contributed by atoms with E-state index in [1.165, 1.54) is 24.3 Å². The highest BCUT2D eigenvalue weighted by Crippen LogP contribution is 2.27. The molecule has 0 heterocycles. The van der Waals surface area contributed by atoms with Gasteiger partial charge < -0.3 is 0 Å². The minimum atomic E-state index is -3.76. The van der Waals surface area contributed by atoms with Crippen molar-refractivity contribution in [2.45, 2.75) is 11.8 Å². The van der Waals surface area contributed by atoms with Gasteiger partial charge in [-0.15, -0.1) is 0 Å². The number of sulfonamides is 1. The van der Waals surface area contributed by atoms with Crippen LogP contribution in [-0.4, -0.2) is 8.42 Å². The van der Waals surface area contributed by atoms with Gasteiger partial charge in [-0.25, -0.2) is 8.42 Å². The van der Waals surface area contributed by atoms with Crippen LogP contribution in [0, 0.1) is 18.3 Å². The first kappa shape index (κ1) is 15.8. The van der Waals surface area contributed by atoms with Crippen molar-refractivity contribution in [3.63, 3.8) is 0 Å². The predicted molar refractivity (Wildman–Crippen MR) is 85.9 cm³/mol. The molecule has 0 saturated carbocycles. The summed E-state index contributed by atoms with van der Waals surface area (Å²) in [5.74, 6) is 0. The van der Waals surface area contributed by atoms with E-state index in [1.54, 1.807) is 19.1 Å². The topological polar surface area (TPSA) is 70.0 Å². The molecule has 0 aliphatic carbocycles. The Labute approximate surface area is 136 Å². The average Bonchev–Trinajstić information content (AvgIpc) is 2.43. The Bertz CT molecular complexity index is 845. The fourth-order valence-corrected chi connectivity index (χ4v) is 3.88. The van der Waals surface area contributed by atoms with E-state index in [9.17, 15) is 8.42 Å². The van der Waals surface area contributed by atoms with Crippen LogP contribution in [0.1, 0.15) is 11.1 Å². The number of hydrogen-bond donors (Lipinski definition) is 1. The fourth-order valence-electron chi connectivity index (χ4n) is 1.73. The molecule has 0 fully saturated rings. The van der Waals surface area contributed by atoms with Gasteiger partial charge in [0.2, 0.25) is 0 Å². The molecule has 2 aromatic rings. The van der Waals surface area contributed by atoms with Crippen molar-refractivity contribution in [3.05, 3.63) is 57.0 Å². The standard InChI is InChI=1S/C14H10BrClN2O2S/c1-9-2-4-11(15)7-14(9)21(19,20)18-13-5-3-10(8-17)6-12(13)16/h2-7,18H,1H3. The van der Waals surface area contributed by atoms with Gasteiger partial charge >= 0.3 is 0 Å². The molecule has 0 aliphatic heterocycles. The van der Waals surface area contributed by atoms with Crippen molar-refractivity contribution in [1.29, 1.82) is 5.26 Å². The minimum Gasteiger partial charge on any atom is -0.278 e. The van der Waals surface area contributed by atoms with Gasteiger partial charge in [-0.2, -0.15) is 5.26 Å². The van der Waals surface area contributed by atoms with Crippen LogP contribution in [0.2, 0.25) is 5.02 Å². The van der Waals surface area contributed by atoms with E-state index in [4.69, 9.17) is 16.9 Å². The van der Waals surface area contributed by atoms with Gasteiger partial charge in [-0.3, -0.25) is 4.72 Å². The molecule has 0 radical (unpaired) electrons. The molecule has 2 rings (SSSR count). The Hall–Kier alpha value is -1.55. The van der Waals surface area contributed by atoms with E-state index >= 15 is 0 Å². The third-order valence-electron chi connectivity index (χ3n) is 2.78. The zero-order valence-electron chi connectivity index (χ0n) is 10.9. The molecule has 0 saturated heterocycles. The Morgan fingerprint density at radius 3 is 2.57 bits per heavy atom. The van der Waals surface area contributed by atoms with Gasteiger partial charge in [0, 0.05) is 4.47 Å². The van der Waals surface area contributed by atoms with Crippen LogP contribution in [0.15, 0.2) is 45.8 Å². The van der Waals surface area contributed by atoms with Crippen molar-refractivity contribution in [2.75, 3.05) is 4.72 Å². The van der Waals surface area contributed by atoms with E-state index in [-0.39, 0.29) is 15.6 Å². The zero-order valence-corrected chi connectivity index (χ0v) is 14.1. The van der Waals surface area contributed by atoms with Gasteiger partial charge in [0.25, 0.3) is 10.0 Å². The summed E-state index contributed by atoms with van der Waals surface area (Å²) in [6.45, 7) is 1.71. The van der Waals surface area contributed by atoms with Crippen molar-refractivity contribution in [1.82, 2.24) is 0 Å². The number of nitrogens with one attached hydrogen (secondary N) is 1. The maximum atomic E-state index is 12.4. The summed E-state index contributed by atoms with van der Waals surface area (Å²) in [6, 6.07) is 11.3. The summed E-state index contributed by atoms with van der Waals surface area (Å²) in [4.78, 5) is 0.164. The van der Waals surface area contributed by atoms with Gasteiger partial charge in [0.05, 0.1) is 27.2 Å². The fraction of sp³-hybridized carbons (Fsp3) is 0.0714. The number of halogens is 2. The Morgan fingerprint density at radius 1 is 1.24 bits per heavy atom. The van der Waals surface area contributed by atoms with Crippen molar-refractivity contribution >= 4 is 43.2 Å². The average molecular weight is 386 g/mol. The molecule has 0 bridgehead atoms. The molecule has 4 nitrogen and oxygen atoms in total. The second-order valence-electron chi connectivity index (χ2n) is 4.32. The highest BCUT2D eigenvalue weighted by atomic mass is 79.9. The highest BCUT2D eigenvalue weighted by molar-refractivity contribution is 9.10. The number of hydrogen-bond acceptors (Lipinski definition) is 3. The summed E-state index contributed by atoms with van der Waals surface area (Å²) in [5, 5.41) is 8.95. The van der Waals surface area contributed by atoms with Crippen LogP contribution in [0.4, 0.5) is 5.69 Å². The number of nitriles is 1. The number of anilines is 1. The molecule has 0 aliphatic rings. The smallest absolute Gasteiger partial charge is 0.262 e. The van der Waals surface area contributed by atoms with E-state index in [0.29, 0.717) is 15.6 Å². The SMILES string of the molecule is Cc1ccc(Br)cc1S(=O)(=O)Nc1ccc(C#N)cc1Cl. The summed E-state index contributed by atoms with van der Waals surface area (Å²) in [5.41, 5.74) is 1.21. The van der Waals surface area contributed by atoms with Gasteiger partial charge in [-0.1, -0.05) is 33.6 Å². The lowest BCUT2D eigenvalue weighted by atomic mass is 10.2. The molecule has 2 aromatic carbocycles. The van der Waals surface area contributed by atoms with Gasteiger partial charge in [-0.05, 0) is 42.8 Å². The first-order valence-electron chi connectivity index (χ1n) is 5.82. The Kier molecular flexibility index (Phi) is 4.57. The number of rotatable bonds is 3. The van der Waals surface area contributed by atoms with Crippen LogP contribution >= 0.6 is 27.5 Å². The zero-order chi connectivity index (χ0) is 15.6. The highest BCUT2D eigenvalue weighted by Gasteiger charge is 2.18. The lowest BCUT2D eigenvalue weighted by Gasteiger charge is -2.12. The molecular weight excluding hydrogens is 376 g/mol. The molecule has 0 unspecified atom stereocenters. The van der Waals surface area contributed by atoms with Crippen LogP contribution in [0.5, 0.6) is 0 Å². The van der Waals surface area contributed by atoms with Crippen LogP contribution in [-0.2, 0) is 10.0 Å².